The Morgan fingerprint density at radius 2 is 1.44 bits per heavy atom. The lowest BCUT2D eigenvalue weighted by Gasteiger charge is -2.07. The van der Waals surface area contributed by atoms with Crippen molar-refractivity contribution >= 4 is 0 Å². The molecule has 0 heterocycles. The number of hydrogen-bond donors (Lipinski definition) is 1. The lowest BCUT2D eigenvalue weighted by Crippen LogP contribution is -1.86. The number of benzene rings is 2. The van der Waals surface area contributed by atoms with E-state index in [1.807, 2.05) is 18.2 Å². The largest absolute Gasteiger partial charge is 0.508 e. The van der Waals surface area contributed by atoms with E-state index in [9.17, 15) is 0 Å². The zero-order valence-corrected chi connectivity index (χ0v) is 9.40. The van der Waals surface area contributed by atoms with Crippen molar-refractivity contribution in [2.75, 3.05) is 0 Å². The third-order valence-electron chi connectivity index (χ3n) is 2.55. The second-order valence-electron chi connectivity index (χ2n) is 3.84. The zero-order chi connectivity index (χ0) is 11.5. The molecule has 2 aromatic carbocycles. The monoisotopic (exact) mass is 214 g/mol. The molecule has 0 aliphatic heterocycles. The van der Waals surface area contributed by atoms with Crippen molar-refractivity contribution in [1.82, 2.24) is 0 Å². The molecule has 2 aromatic rings. The molecule has 2 heteroatoms. The minimum atomic E-state index is 0.243. The maximum absolute atomic E-state index is 9.15. The van der Waals surface area contributed by atoms with Crippen LogP contribution < -0.4 is 4.74 Å². The highest BCUT2D eigenvalue weighted by Gasteiger charge is 1.99. The summed E-state index contributed by atoms with van der Waals surface area (Å²) in [5.74, 6) is 1.78. The minimum Gasteiger partial charge on any atom is -0.508 e. The van der Waals surface area contributed by atoms with E-state index in [2.05, 4.69) is 13.8 Å². The zero-order valence-electron chi connectivity index (χ0n) is 9.40. The van der Waals surface area contributed by atoms with Gasteiger partial charge in [-0.1, -0.05) is 6.07 Å². The molecule has 0 spiro atoms. The molecule has 0 saturated heterocycles. The van der Waals surface area contributed by atoms with Gasteiger partial charge in [-0.15, -0.1) is 0 Å². The SMILES string of the molecule is Cc1ccc(Oc2ccc(O)cc2)cc1C. The predicted octanol–water partition coefficient (Wildman–Crippen LogP) is 3.80. The molecular weight excluding hydrogens is 200 g/mol. The van der Waals surface area contributed by atoms with Crippen molar-refractivity contribution in [3.63, 3.8) is 0 Å². The predicted molar refractivity (Wildman–Crippen MR) is 64.1 cm³/mol. The molecule has 2 rings (SSSR count). The van der Waals surface area contributed by atoms with E-state index in [-0.39, 0.29) is 5.75 Å². The van der Waals surface area contributed by atoms with E-state index in [0.29, 0.717) is 0 Å². The summed E-state index contributed by atoms with van der Waals surface area (Å²) in [5, 5.41) is 9.15. The Morgan fingerprint density at radius 1 is 0.812 bits per heavy atom. The summed E-state index contributed by atoms with van der Waals surface area (Å²) in [6.07, 6.45) is 0. The molecule has 0 aliphatic carbocycles. The van der Waals surface area contributed by atoms with Crippen LogP contribution in [-0.2, 0) is 0 Å². The number of phenolic OH excluding ortho intramolecular Hbond substituents is 1. The summed E-state index contributed by atoms with van der Waals surface area (Å²) in [6.45, 7) is 4.12. The van der Waals surface area contributed by atoms with Crippen LogP contribution in [0.3, 0.4) is 0 Å². The molecule has 0 fully saturated rings. The minimum absolute atomic E-state index is 0.243. The molecule has 0 amide bonds. The number of aryl methyl sites for hydroxylation is 2. The Kier molecular flexibility index (Phi) is 2.82. The van der Waals surface area contributed by atoms with Crippen LogP contribution in [0.2, 0.25) is 0 Å². The summed E-state index contributed by atoms with van der Waals surface area (Å²) in [6, 6.07) is 12.7. The second kappa shape index (κ2) is 4.27. The first-order chi connectivity index (χ1) is 7.65. The average molecular weight is 214 g/mol. The average Bonchev–Trinajstić information content (AvgIpc) is 2.27. The molecule has 0 saturated carbocycles. The number of phenols is 1. The smallest absolute Gasteiger partial charge is 0.127 e. The molecule has 0 atom stereocenters. The number of hydrogen-bond acceptors (Lipinski definition) is 2. The van der Waals surface area contributed by atoms with Crippen LogP contribution in [0, 0.1) is 13.8 Å². The van der Waals surface area contributed by atoms with E-state index in [0.717, 1.165) is 11.5 Å². The third-order valence-corrected chi connectivity index (χ3v) is 2.55. The van der Waals surface area contributed by atoms with Crippen LogP contribution in [0.25, 0.3) is 0 Å². The highest BCUT2D eigenvalue weighted by molar-refractivity contribution is 5.38. The Bertz CT molecular complexity index is 487. The molecular formula is C14H14O2. The van der Waals surface area contributed by atoms with E-state index in [4.69, 9.17) is 9.84 Å². The standard InChI is InChI=1S/C14H14O2/c1-10-3-6-14(9-11(10)2)16-13-7-4-12(15)5-8-13/h3-9,15H,1-2H3. The van der Waals surface area contributed by atoms with Crippen LogP contribution in [0.1, 0.15) is 11.1 Å². The lowest BCUT2D eigenvalue weighted by molar-refractivity contribution is 0.464. The van der Waals surface area contributed by atoms with Gasteiger partial charge in [0.05, 0.1) is 0 Å². The van der Waals surface area contributed by atoms with Crippen LogP contribution in [0.5, 0.6) is 17.2 Å². The Labute approximate surface area is 95.1 Å². The summed E-state index contributed by atoms with van der Waals surface area (Å²) in [5.41, 5.74) is 2.45. The fourth-order valence-corrected chi connectivity index (χ4v) is 1.43. The highest BCUT2D eigenvalue weighted by Crippen LogP contribution is 2.24. The van der Waals surface area contributed by atoms with E-state index in [1.165, 1.54) is 11.1 Å². The van der Waals surface area contributed by atoms with Crippen molar-refractivity contribution in [3.8, 4) is 17.2 Å². The van der Waals surface area contributed by atoms with Gasteiger partial charge in [-0.2, -0.15) is 0 Å². The van der Waals surface area contributed by atoms with Gasteiger partial charge in [0.2, 0.25) is 0 Å². The van der Waals surface area contributed by atoms with Gasteiger partial charge in [-0.05, 0) is 61.4 Å². The number of aromatic hydroxyl groups is 1. The summed E-state index contributed by atoms with van der Waals surface area (Å²) < 4.78 is 5.66. The van der Waals surface area contributed by atoms with Gasteiger partial charge in [0.15, 0.2) is 0 Å². The second-order valence-corrected chi connectivity index (χ2v) is 3.84. The van der Waals surface area contributed by atoms with Gasteiger partial charge in [0, 0.05) is 0 Å². The molecule has 0 bridgehead atoms. The molecule has 2 nitrogen and oxygen atoms in total. The van der Waals surface area contributed by atoms with Crippen LogP contribution >= 0.6 is 0 Å². The van der Waals surface area contributed by atoms with Gasteiger partial charge in [0.25, 0.3) is 0 Å². The van der Waals surface area contributed by atoms with Crippen molar-refractivity contribution in [3.05, 3.63) is 53.6 Å². The highest BCUT2D eigenvalue weighted by atomic mass is 16.5. The summed E-state index contributed by atoms with van der Waals surface area (Å²) in [4.78, 5) is 0. The maximum Gasteiger partial charge on any atom is 0.127 e. The maximum atomic E-state index is 9.15. The van der Waals surface area contributed by atoms with E-state index in [1.54, 1.807) is 24.3 Å². The molecule has 0 unspecified atom stereocenters. The van der Waals surface area contributed by atoms with Crippen LogP contribution in [0.15, 0.2) is 42.5 Å². The fourth-order valence-electron chi connectivity index (χ4n) is 1.43. The van der Waals surface area contributed by atoms with Crippen molar-refractivity contribution in [2.45, 2.75) is 13.8 Å². The van der Waals surface area contributed by atoms with Gasteiger partial charge >= 0.3 is 0 Å². The normalized spacial score (nSPS) is 10.1. The van der Waals surface area contributed by atoms with Gasteiger partial charge in [-0.3, -0.25) is 0 Å². The topological polar surface area (TPSA) is 29.5 Å². The Hall–Kier alpha value is -1.96. The summed E-state index contributed by atoms with van der Waals surface area (Å²) in [7, 11) is 0. The Balaban J connectivity index is 2.20. The quantitative estimate of drug-likeness (QED) is 0.823. The molecule has 82 valence electrons. The Morgan fingerprint density at radius 3 is 2.06 bits per heavy atom. The molecule has 0 aromatic heterocycles. The first-order valence-electron chi connectivity index (χ1n) is 5.19. The number of ether oxygens (including phenoxy) is 1. The first-order valence-corrected chi connectivity index (χ1v) is 5.19. The molecule has 16 heavy (non-hydrogen) atoms. The van der Waals surface area contributed by atoms with Gasteiger partial charge < -0.3 is 9.84 Å². The van der Waals surface area contributed by atoms with Crippen molar-refractivity contribution in [2.24, 2.45) is 0 Å². The molecule has 0 radical (unpaired) electrons. The van der Waals surface area contributed by atoms with Crippen LogP contribution in [-0.4, -0.2) is 5.11 Å². The van der Waals surface area contributed by atoms with Crippen LogP contribution in [0.4, 0.5) is 0 Å². The van der Waals surface area contributed by atoms with Gasteiger partial charge in [0.1, 0.15) is 17.2 Å². The third kappa shape index (κ3) is 2.34. The molecule has 1 N–H and O–H groups in total. The molecule has 0 aliphatic rings. The van der Waals surface area contributed by atoms with E-state index >= 15 is 0 Å². The van der Waals surface area contributed by atoms with E-state index < -0.39 is 0 Å². The van der Waals surface area contributed by atoms with Crippen molar-refractivity contribution < 1.29 is 9.84 Å². The van der Waals surface area contributed by atoms with Gasteiger partial charge in [-0.25, -0.2) is 0 Å². The summed E-state index contributed by atoms with van der Waals surface area (Å²) >= 11 is 0. The fraction of sp³-hybridized carbons (Fsp3) is 0.143. The van der Waals surface area contributed by atoms with Crippen molar-refractivity contribution in [1.29, 1.82) is 0 Å². The number of rotatable bonds is 2. The lowest BCUT2D eigenvalue weighted by atomic mass is 10.1. The first kappa shape index (κ1) is 10.6.